The number of carbonyl (C=O) groups excluding carboxylic acids is 2. The van der Waals surface area contributed by atoms with Crippen LogP contribution >= 0.6 is 22.6 Å². The van der Waals surface area contributed by atoms with E-state index in [4.69, 9.17) is 9.47 Å². The lowest BCUT2D eigenvalue weighted by molar-refractivity contribution is -0.142. The van der Waals surface area contributed by atoms with Gasteiger partial charge < -0.3 is 24.6 Å². The second-order valence-corrected chi connectivity index (χ2v) is 6.73. The third-order valence-electron chi connectivity index (χ3n) is 3.62. The van der Waals surface area contributed by atoms with Crippen molar-refractivity contribution in [3.8, 4) is 23.3 Å². The molecule has 0 aliphatic carbocycles. The molecule has 0 heterocycles. The maximum Gasteiger partial charge on any atom is 0.343 e. The molecule has 0 unspecified atom stereocenters. The average Bonchev–Trinajstić information content (AvgIpc) is 2.72. The van der Waals surface area contributed by atoms with E-state index in [0.717, 1.165) is 0 Å². The van der Waals surface area contributed by atoms with Gasteiger partial charge in [-0.05, 0) is 70.6 Å². The predicted molar refractivity (Wildman–Crippen MR) is 114 cm³/mol. The van der Waals surface area contributed by atoms with Gasteiger partial charge in [-0.3, -0.25) is 4.79 Å². The van der Waals surface area contributed by atoms with Crippen LogP contribution in [-0.4, -0.2) is 37.8 Å². The number of anilines is 1. The molecule has 2 aromatic rings. The number of methoxy groups -OCH3 is 2. The molecule has 8 nitrogen and oxygen atoms in total. The van der Waals surface area contributed by atoms with Gasteiger partial charge in [0.15, 0.2) is 18.1 Å². The average molecular weight is 508 g/mol. The van der Waals surface area contributed by atoms with Crippen LogP contribution in [0.1, 0.15) is 5.56 Å². The van der Waals surface area contributed by atoms with E-state index in [9.17, 15) is 20.0 Å². The fourth-order valence-electron chi connectivity index (χ4n) is 2.21. The molecule has 2 aromatic carbocycles. The number of benzene rings is 2. The number of amides is 1. The molecular weight excluding hydrogens is 491 g/mol. The van der Waals surface area contributed by atoms with Crippen LogP contribution in [0.15, 0.2) is 42.0 Å². The highest BCUT2D eigenvalue weighted by Gasteiger charge is 2.15. The van der Waals surface area contributed by atoms with Crippen LogP contribution in [0.5, 0.6) is 17.2 Å². The zero-order chi connectivity index (χ0) is 21.4. The molecule has 29 heavy (non-hydrogen) atoms. The number of hydrogen-bond acceptors (Lipinski definition) is 7. The molecule has 0 saturated carbocycles. The number of nitriles is 1. The SMILES string of the molecule is COC(=O)COc1c(I)cc(/C=C(\C#N)C(=O)Nc2ccc(O)cc2)cc1OC. The Kier molecular flexibility index (Phi) is 7.85. The number of esters is 1. The van der Waals surface area contributed by atoms with E-state index in [1.165, 1.54) is 44.6 Å². The Hall–Kier alpha value is -3.26. The molecule has 0 fully saturated rings. The number of hydrogen-bond donors (Lipinski definition) is 2. The van der Waals surface area contributed by atoms with Gasteiger partial charge in [-0.25, -0.2) is 4.79 Å². The van der Waals surface area contributed by atoms with Crippen molar-refractivity contribution in [1.29, 1.82) is 5.26 Å². The number of carbonyl (C=O) groups is 2. The molecule has 0 aliphatic heterocycles. The van der Waals surface area contributed by atoms with Crippen LogP contribution in [0.2, 0.25) is 0 Å². The van der Waals surface area contributed by atoms with Gasteiger partial charge in [-0.15, -0.1) is 0 Å². The van der Waals surface area contributed by atoms with Crippen molar-refractivity contribution in [3.63, 3.8) is 0 Å². The summed E-state index contributed by atoms with van der Waals surface area (Å²) in [7, 11) is 2.70. The first-order valence-corrected chi connectivity index (χ1v) is 9.25. The lowest BCUT2D eigenvalue weighted by atomic mass is 10.1. The van der Waals surface area contributed by atoms with Crippen LogP contribution < -0.4 is 14.8 Å². The highest BCUT2D eigenvalue weighted by molar-refractivity contribution is 14.1. The van der Waals surface area contributed by atoms with Crippen molar-refractivity contribution in [2.24, 2.45) is 0 Å². The summed E-state index contributed by atoms with van der Waals surface area (Å²) in [5, 5.41) is 21.3. The first-order valence-electron chi connectivity index (χ1n) is 8.17. The minimum absolute atomic E-state index is 0.0650. The number of ether oxygens (including phenoxy) is 3. The van der Waals surface area contributed by atoms with Crippen molar-refractivity contribution in [3.05, 3.63) is 51.1 Å². The fraction of sp³-hybridized carbons (Fsp3) is 0.150. The lowest BCUT2D eigenvalue weighted by Crippen LogP contribution is -2.14. The quantitative estimate of drug-likeness (QED) is 0.194. The number of phenolic OH excluding ortho intramolecular Hbond substituents is 1. The Balaban J connectivity index is 2.26. The summed E-state index contributed by atoms with van der Waals surface area (Å²) in [5.41, 5.74) is 0.848. The standard InChI is InChI=1S/C20H17IN2O6/c1-27-17-9-12(8-16(21)19(17)29-11-18(25)28-2)7-13(10-22)20(26)23-14-3-5-15(24)6-4-14/h3-9,24H,11H2,1-2H3,(H,23,26)/b13-7+. The number of aromatic hydroxyl groups is 1. The molecule has 2 N–H and O–H groups in total. The van der Waals surface area contributed by atoms with Crippen molar-refractivity contribution >= 4 is 46.2 Å². The predicted octanol–water partition coefficient (Wildman–Crippen LogP) is 3.10. The smallest absolute Gasteiger partial charge is 0.343 e. The lowest BCUT2D eigenvalue weighted by Gasteiger charge is -2.13. The van der Waals surface area contributed by atoms with Gasteiger partial charge in [-0.2, -0.15) is 5.26 Å². The minimum Gasteiger partial charge on any atom is -0.508 e. The van der Waals surface area contributed by atoms with Gasteiger partial charge >= 0.3 is 5.97 Å². The zero-order valence-corrected chi connectivity index (χ0v) is 17.7. The van der Waals surface area contributed by atoms with Crippen molar-refractivity contribution in [2.45, 2.75) is 0 Å². The summed E-state index contributed by atoms with van der Waals surface area (Å²) in [6.45, 7) is -0.281. The Bertz CT molecular complexity index is 980. The molecule has 0 radical (unpaired) electrons. The highest BCUT2D eigenvalue weighted by Crippen LogP contribution is 2.34. The van der Waals surface area contributed by atoms with E-state index in [1.54, 1.807) is 12.1 Å². The first kappa shape index (κ1) is 22.0. The molecule has 0 spiro atoms. The molecule has 1 amide bonds. The molecule has 9 heteroatoms. The van der Waals surface area contributed by atoms with Gasteiger partial charge in [0.25, 0.3) is 5.91 Å². The topological polar surface area (TPSA) is 118 Å². The van der Waals surface area contributed by atoms with Crippen molar-refractivity contribution < 1.29 is 28.9 Å². The van der Waals surface area contributed by atoms with Gasteiger partial charge in [-0.1, -0.05) is 0 Å². The van der Waals surface area contributed by atoms with E-state index in [2.05, 4.69) is 10.1 Å². The van der Waals surface area contributed by atoms with Gasteiger partial charge in [0.2, 0.25) is 0 Å². The second-order valence-electron chi connectivity index (χ2n) is 5.57. The molecule has 0 bridgehead atoms. The van der Waals surface area contributed by atoms with E-state index >= 15 is 0 Å². The summed E-state index contributed by atoms with van der Waals surface area (Å²) in [6, 6.07) is 11.0. The normalized spacial score (nSPS) is 10.6. The summed E-state index contributed by atoms with van der Waals surface area (Å²) in [4.78, 5) is 23.7. The minimum atomic E-state index is -0.599. The third kappa shape index (κ3) is 6.11. The second kappa shape index (κ2) is 10.3. The molecule has 0 aromatic heterocycles. The number of halogens is 1. The Morgan fingerprint density at radius 3 is 2.52 bits per heavy atom. The van der Waals surface area contributed by atoms with E-state index in [-0.39, 0.29) is 17.9 Å². The number of rotatable bonds is 7. The summed E-state index contributed by atoms with van der Waals surface area (Å²) in [5.74, 6) is -0.385. The molecule has 0 aliphatic rings. The van der Waals surface area contributed by atoms with E-state index < -0.39 is 11.9 Å². The van der Waals surface area contributed by atoms with Crippen LogP contribution in [0.3, 0.4) is 0 Å². The summed E-state index contributed by atoms with van der Waals surface area (Å²) < 4.78 is 15.9. The Morgan fingerprint density at radius 2 is 1.93 bits per heavy atom. The molecule has 2 rings (SSSR count). The van der Waals surface area contributed by atoms with Crippen LogP contribution in [0, 0.1) is 14.9 Å². The monoisotopic (exact) mass is 508 g/mol. The summed E-state index contributed by atoms with van der Waals surface area (Å²) >= 11 is 2.00. The van der Waals surface area contributed by atoms with Gasteiger partial charge in [0.05, 0.1) is 17.8 Å². The maximum absolute atomic E-state index is 12.4. The Labute approximate surface area is 180 Å². The van der Waals surface area contributed by atoms with Gasteiger partial charge in [0.1, 0.15) is 17.4 Å². The van der Waals surface area contributed by atoms with E-state index in [0.29, 0.717) is 26.3 Å². The molecule has 150 valence electrons. The largest absolute Gasteiger partial charge is 0.508 e. The zero-order valence-electron chi connectivity index (χ0n) is 15.6. The van der Waals surface area contributed by atoms with Crippen molar-refractivity contribution in [2.75, 3.05) is 26.1 Å². The van der Waals surface area contributed by atoms with Gasteiger partial charge in [0, 0.05) is 5.69 Å². The number of nitrogens with one attached hydrogen (secondary N) is 1. The number of nitrogens with zero attached hydrogens (tertiary/aromatic N) is 1. The molecule has 0 saturated heterocycles. The number of phenols is 1. The van der Waals surface area contributed by atoms with Crippen molar-refractivity contribution in [1.82, 2.24) is 0 Å². The fourth-order valence-corrected chi connectivity index (χ4v) is 2.99. The molecule has 0 atom stereocenters. The molecular formula is C20H17IN2O6. The first-order chi connectivity index (χ1) is 13.9. The van der Waals surface area contributed by atoms with E-state index in [1.807, 2.05) is 28.7 Å². The van der Waals surface area contributed by atoms with Crippen LogP contribution in [0.25, 0.3) is 6.08 Å². The van der Waals surface area contributed by atoms with Crippen LogP contribution in [0.4, 0.5) is 5.69 Å². The summed E-state index contributed by atoms with van der Waals surface area (Å²) in [6.07, 6.45) is 1.41. The highest BCUT2D eigenvalue weighted by atomic mass is 127. The maximum atomic E-state index is 12.4. The Morgan fingerprint density at radius 1 is 1.24 bits per heavy atom. The van der Waals surface area contributed by atoms with Crippen LogP contribution in [-0.2, 0) is 14.3 Å². The third-order valence-corrected chi connectivity index (χ3v) is 4.42.